The second-order valence-corrected chi connectivity index (χ2v) is 7.06. The van der Waals surface area contributed by atoms with Crippen molar-refractivity contribution >= 4 is 17.7 Å². The number of hydrogen-bond acceptors (Lipinski definition) is 6. The third-order valence-corrected chi connectivity index (χ3v) is 5.08. The highest BCUT2D eigenvalue weighted by Gasteiger charge is 2.28. The molecular weight excluding hydrogens is 338 g/mol. The molecule has 0 saturated heterocycles. The second kappa shape index (κ2) is 7.77. The molecule has 1 aromatic carbocycles. The zero-order chi connectivity index (χ0) is 17.8. The van der Waals surface area contributed by atoms with Gasteiger partial charge < -0.3 is 15.9 Å². The number of nitrogens with one attached hydrogen (secondary N) is 1. The van der Waals surface area contributed by atoms with Crippen LogP contribution in [0.1, 0.15) is 26.7 Å². The lowest BCUT2D eigenvalue weighted by molar-refractivity contribution is -0.119. The molecule has 0 unspecified atom stereocenters. The zero-order valence-corrected chi connectivity index (χ0v) is 15.3. The molecule has 7 nitrogen and oxygen atoms in total. The Bertz CT molecular complexity index is 727. The highest BCUT2D eigenvalue weighted by atomic mass is 32.2. The van der Waals surface area contributed by atoms with Crippen LogP contribution >= 0.6 is 11.8 Å². The van der Waals surface area contributed by atoms with Gasteiger partial charge in [0.1, 0.15) is 5.75 Å². The number of nitrogens with zero attached hydrogens (tertiary/aromatic N) is 3. The van der Waals surface area contributed by atoms with E-state index in [0.29, 0.717) is 23.5 Å². The van der Waals surface area contributed by atoms with Crippen molar-refractivity contribution in [3.8, 4) is 17.1 Å². The number of nitrogens with two attached hydrogens (primary N) is 1. The molecule has 0 bridgehead atoms. The van der Waals surface area contributed by atoms with Crippen LogP contribution in [0.15, 0.2) is 29.4 Å². The van der Waals surface area contributed by atoms with E-state index in [1.165, 1.54) is 29.3 Å². The fourth-order valence-electron chi connectivity index (χ4n) is 2.58. The van der Waals surface area contributed by atoms with Crippen LogP contribution in [0.4, 0.5) is 0 Å². The maximum atomic E-state index is 12.0. The maximum absolute atomic E-state index is 12.0. The largest absolute Gasteiger partial charge is 0.494 e. The first-order valence-electron chi connectivity index (χ1n) is 8.44. The third-order valence-electron chi connectivity index (χ3n) is 4.14. The van der Waals surface area contributed by atoms with E-state index in [2.05, 4.69) is 22.4 Å². The van der Waals surface area contributed by atoms with Gasteiger partial charge >= 0.3 is 0 Å². The van der Waals surface area contributed by atoms with Crippen molar-refractivity contribution in [3.05, 3.63) is 24.3 Å². The van der Waals surface area contributed by atoms with Crippen LogP contribution in [0, 0.1) is 5.92 Å². The van der Waals surface area contributed by atoms with Crippen molar-refractivity contribution in [2.75, 3.05) is 18.2 Å². The van der Waals surface area contributed by atoms with Crippen molar-refractivity contribution in [3.63, 3.8) is 0 Å². The van der Waals surface area contributed by atoms with Gasteiger partial charge in [-0.25, -0.2) is 4.68 Å². The van der Waals surface area contributed by atoms with E-state index in [9.17, 15) is 4.79 Å². The maximum Gasteiger partial charge on any atom is 0.230 e. The lowest BCUT2D eigenvalue weighted by Crippen LogP contribution is -2.35. The summed E-state index contributed by atoms with van der Waals surface area (Å²) in [6.45, 7) is 4.61. The summed E-state index contributed by atoms with van der Waals surface area (Å²) in [5, 5.41) is 11.8. The predicted octanol–water partition coefficient (Wildman–Crippen LogP) is 2.06. The molecule has 3 rings (SSSR count). The highest BCUT2D eigenvalue weighted by molar-refractivity contribution is 7.99. The average molecular weight is 361 g/mol. The van der Waals surface area contributed by atoms with Gasteiger partial charge in [-0.1, -0.05) is 11.8 Å². The highest BCUT2D eigenvalue weighted by Crippen LogP contribution is 2.32. The van der Waals surface area contributed by atoms with E-state index < -0.39 is 0 Å². The van der Waals surface area contributed by atoms with Crippen LogP contribution in [0.5, 0.6) is 5.75 Å². The number of nitrogen functional groups attached to an aromatic ring is 1. The van der Waals surface area contributed by atoms with E-state index in [0.717, 1.165) is 11.3 Å². The van der Waals surface area contributed by atoms with Crippen LogP contribution in [-0.4, -0.2) is 39.2 Å². The Labute approximate surface area is 151 Å². The molecule has 1 aliphatic carbocycles. The number of aromatic nitrogens is 3. The Morgan fingerprint density at radius 1 is 1.40 bits per heavy atom. The molecule has 0 spiro atoms. The molecular formula is C17H23N5O2S. The number of amides is 1. The minimum atomic E-state index is -0.00461. The molecule has 1 heterocycles. The van der Waals surface area contributed by atoms with Crippen LogP contribution in [0.2, 0.25) is 0 Å². The summed E-state index contributed by atoms with van der Waals surface area (Å²) in [4.78, 5) is 12.0. The van der Waals surface area contributed by atoms with Crippen molar-refractivity contribution in [1.82, 2.24) is 20.2 Å². The summed E-state index contributed by atoms with van der Waals surface area (Å²) < 4.78 is 6.84. The van der Waals surface area contributed by atoms with Gasteiger partial charge in [0.25, 0.3) is 0 Å². The van der Waals surface area contributed by atoms with Crippen molar-refractivity contribution in [2.45, 2.75) is 37.9 Å². The molecule has 1 atom stereocenters. The van der Waals surface area contributed by atoms with Gasteiger partial charge in [0.05, 0.1) is 12.4 Å². The van der Waals surface area contributed by atoms with Gasteiger partial charge in [-0.3, -0.25) is 4.79 Å². The minimum Gasteiger partial charge on any atom is -0.494 e. The summed E-state index contributed by atoms with van der Waals surface area (Å²) in [6.07, 6.45) is 2.41. The van der Waals surface area contributed by atoms with E-state index in [4.69, 9.17) is 10.6 Å². The van der Waals surface area contributed by atoms with Crippen LogP contribution in [-0.2, 0) is 4.79 Å². The summed E-state index contributed by atoms with van der Waals surface area (Å²) in [6, 6.07) is 7.75. The smallest absolute Gasteiger partial charge is 0.230 e. The van der Waals surface area contributed by atoms with Gasteiger partial charge in [-0.05, 0) is 56.9 Å². The molecule has 8 heteroatoms. The number of thioether (sulfide) groups is 1. The van der Waals surface area contributed by atoms with Gasteiger partial charge in [0.15, 0.2) is 5.82 Å². The molecule has 1 amide bonds. The lowest BCUT2D eigenvalue weighted by atomic mass is 10.2. The SMILES string of the molecule is CCOc1ccc(-c2nnc(SCC(=O)N[C@H](C)C3CC3)n2N)cc1. The molecule has 1 fully saturated rings. The second-order valence-electron chi connectivity index (χ2n) is 6.12. The molecule has 1 aliphatic rings. The van der Waals surface area contributed by atoms with Crippen LogP contribution < -0.4 is 15.9 Å². The predicted molar refractivity (Wildman–Crippen MR) is 97.8 cm³/mol. The Kier molecular flexibility index (Phi) is 5.47. The molecule has 1 saturated carbocycles. The van der Waals surface area contributed by atoms with E-state index in [1.54, 1.807) is 0 Å². The number of ether oxygens (including phenoxy) is 1. The van der Waals surface area contributed by atoms with E-state index in [1.807, 2.05) is 31.2 Å². The van der Waals surface area contributed by atoms with Gasteiger partial charge in [0.2, 0.25) is 11.1 Å². The molecule has 134 valence electrons. The Hall–Kier alpha value is -2.22. The van der Waals surface area contributed by atoms with Crippen molar-refractivity contribution < 1.29 is 9.53 Å². The minimum absolute atomic E-state index is 0.00461. The molecule has 2 aromatic rings. The van der Waals surface area contributed by atoms with Crippen molar-refractivity contribution in [2.24, 2.45) is 5.92 Å². The topological polar surface area (TPSA) is 95.1 Å². The van der Waals surface area contributed by atoms with Gasteiger partial charge in [0, 0.05) is 11.6 Å². The number of hydrogen-bond donors (Lipinski definition) is 2. The van der Waals surface area contributed by atoms with Crippen molar-refractivity contribution in [1.29, 1.82) is 0 Å². The zero-order valence-electron chi connectivity index (χ0n) is 14.4. The number of carbonyl (C=O) groups is 1. The van der Waals surface area contributed by atoms with E-state index in [-0.39, 0.29) is 17.7 Å². The molecule has 25 heavy (non-hydrogen) atoms. The first kappa shape index (κ1) is 17.6. The lowest BCUT2D eigenvalue weighted by Gasteiger charge is -2.12. The first-order chi connectivity index (χ1) is 12.1. The van der Waals surface area contributed by atoms with Crippen LogP contribution in [0.3, 0.4) is 0 Å². The summed E-state index contributed by atoms with van der Waals surface area (Å²) >= 11 is 1.28. The monoisotopic (exact) mass is 361 g/mol. The van der Waals surface area contributed by atoms with Gasteiger partial charge in [-0.15, -0.1) is 10.2 Å². The standard InChI is InChI=1S/C17H23N5O2S/c1-3-24-14-8-6-13(7-9-14)16-20-21-17(22(16)18)25-10-15(23)19-11(2)12-4-5-12/h6-9,11-12H,3-5,10,18H2,1-2H3,(H,19,23)/t11-/m1/s1. The quantitative estimate of drug-likeness (QED) is 0.552. The Morgan fingerprint density at radius 2 is 2.12 bits per heavy atom. The number of carbonyl (C=O) groups excluding carboxylic acids is 1. The fraction of sp³-hybridized carbons (Fsp3) is 0.471. The summed E-state index contributed by atoms with van der Waals surface area (Å²) in [7, 11) is 0. The Balaban J connectivity index is 1.59. The number of rotatable bonds is 8. The average Bonchev–Trinajstić information content (AvgIpc) is 3.39. The number of benzene rings is 1. The summed E-state index contributed by atoms with van der Waals surface area (Å²) in [5.74, 6) is 8.34. The van der Waals surface area contributed by atoms with E-state index >= 15 is 0 Å². The molecule has 0 radical (unpaired) electrons. The molecule has 3 N–H and O–H groups in total. The first-order valence-corrected chi connectivity index (χ1v) is 9.43. The molecule has 0 aliphatic heterocycles. The third kappa shape index (κ3) is 4.45. The Morgan fingerprint density at radius 3 is 2.76 bits per heavy atom. The normalized spacial score (nSPS) is 15.0. The summed E-state index contributed by atoms with van der Waals surface area (Å²) in [5.41, 5.74) is 0.845. The van der Waals surface area contributed by atoms with Gasteiger partial charge in [-0.2, -0.15) is 0 Å². The fourth-order valence-corrected chi connectivity index (χ4v) is 3.25. The van der Waals surface area contributed by atoms with Crippen LogP contribution in [0.25, 0.3) is 11.4 Å². The molecule has 1 aromatic heterocycles.